The van der Waals surface area contributed by atoms with Crippen molar-refractivity contribution in [3.05, 3.63) is 53.3 Å². The van der Waals surface area contributed by atoms with Gasteiger partial charge in [-0.2, -0.15) is 0 Å². The van der Waals surface area contributed by atoms with Crippen LogP contribution in [0.3, 0.4) is 0 Å². The zero-order chi connectivity index (χ0) is 18.6. The smallest absolute Gasteiger partial charge is 0.227 e. The van der Waals surface area contributed by atoms with Gasteiger partial charge in [0, 0.05) is 27.2 Å². The standard InChI is InChI=1S/C21H21BrN4O/c22-15-7-4-8-16(11-15)25-20-18-12-17(9-10-19(18)23-13-24-20)26-21(27)14-5-2-1-3-6-14/h4,7-14H,1-3,5-6H2,(H,26,27)(H,23,24,25). The fourth-order valence-electron chi connectivity index (χ4n) is 3.55. The van der Waals surface area contributed by atoms with Gasteiger partial charge in [0.05, 0.1) is 5.52 Å². The fraction of sp³-hybridized carbons (Fsp3) is 0.286. The second kappa shape index (κ2) is 8.05. The minimum atomic E-state index is 0.118. The van der Waals surface area contributed by atoms with Crippen LogP contribution in [0.15, 0.2) is 53.3 Å². The number of carbonyl (C=O) groups is 1. The number of halogens is 1. The van der Waals surface area contributed by atoms with Gasteiger partial charge in [-0.1, -0.05) is 41.3 Å². The van der Waals surface area contributed by atoms with Gasteiger partial charge in [-0.3, -0.25) is 4.79 Å². The van der Waals surface area contributed by atoms with Gasteiger partial charge >= 0.3 is 0 Å². The van der Waals surface area contributed by atoms with E-state index in [4.69, 9.17) is 0 Å². The topological polar surface area (TPSA) is 66.9 Å². The second-order valence-corrected chi connectivity index (χ2v) is 7.83. The molecule has 27 heavy (non-hydrogen) atoms. The molecule has 1 heterocycles. The molecule has 0 saturated heterocycles. The molecule has 2 aromatic carbocycles. The average molecular weight is 425 g/mol. The molecule has 0 radical (unpaired) electrons. The first-order chi connectivity index (χ1) is 13.2. The summed E-state index contributed by atoms with van der Waals surface area (Å²) in [5, 5.41) is 7.29. The maximum Gasteiger partial charge on any atom is 0.227 e. The van der Waals surface area contributed by atoms with E-state index in [9.17, 15) is 4.79 Å². The molecule has 1 aromatic heterocycles. The van der Waals surface area contributed by atoms with Crippen LogP contribution in [0, 0.1) is 5.92 Å². The number of aromatic nitrogens is 2. The number of rotatable bonds is 4. The molecule has 0 atom stereocenters. The maximum absolute atomic E-state index is 12.6. The first-order valence-electron chi connectivity index (χ1n) is 9.27. The van der Waals surface area contributed by atoms with E-state index in [1.54, 1.807) is 6.33 Å². The molecule has 1 fully saturated rings. The molecule has 4 rings (SSSR count). The predicted octanol–water partition coefficient (Wildman–Crippen LogP) is 5.65. The zero-order valence-corrected chi connectivity index (χ0v) is 16.5. The van der Waals surface area contributed by atoms with Crippen LogP contribution in [0.25, 0.3) is 10.9 Å². The lowest BCUT2D eigenvalue weighted by Gasteiger charge is -2.20. The molecular weight excluding hydrogens is 404 g/mol. The first-order valence-corrected chi connectivity index (χ1v) is 10.1. The molecule has 1 saturated carbocycles. The zero-order valence-electron chi connectivity index (χ0n) is 14.9. The number of amides is 1. The Morgan fingerprint density at radius 3 is 2.67 bits per heavy atom. The fourth-order valence-corrected chi connectivity index (χ4v) is 3.95. The van der Waals surface area contributed by atoms with E-state index in [0.29, 0.717) is 5.82 Å². The Kier molecular flexibility index (Phi) is 5.34. The Labute approximate surface area is 166 Å². The van der Waals surface area contributed by atoms with E-state index < -0.39 is 0 Å². The molecule has 0 unspecified atom stereocenters. The first kappa shape index (κ1) is 17.9. The molecule has 138 valence electrons. The van der Waals surface area contributed by atoms with Gasteiger partial charge in [0.15, 0.2) is 0 Å². The Morgan fingerprint density at radius 2 is 1.85 bits per heavy atom. The van der Waals surface area contributed by atoms with E-state index in [1.165, 1.54) is 6.42 Å². The minimum absolute atomic E-state index is 0.118. The summed E-state index contributed by atoms with van der Waals surface area (Å²) in [7, 11) is 0. The number of hydrogen-bond acceptors (Lipinski definition) is 4. The minimum Gasteiger partial charge on any atom is -0.340 e. The van der Waals surface area contributed by atoms with Gasteiger partial charge in [-0.05, 0) is 49.2 Å². The van der Waals surface area contributed by atoms with E-state index >= 15 is 0 Å². The van der Waals surface area contributed by atoms with Crippen molar-refractivity contribution in [2.24, 2.45) is 5.92 Å². The average Bonchev–Trinajstić information content (AvgIpc) is 2.69. The molecule has 3 aromatic rings. The van der Waals surface area contributed by atoms with Crippen LogP contribution in [0.4, 0.5) is 17.2 Å². The summed E-state index contributed by atoms with van der Waals surface area (Å²) in [5.74, 6) is 0.958. The summed E-state index contributed by atoms with van der Waals surface area (Å²) in [6.45, 7) is 0. The van der Waals surface area contributed by atoms with Crippen LogP contribution >= 0.6 is 15.9 Å². The summed E-state index contributed by atoms with van der Waals surface area (Å²) < 4.78 is 0.992. The van der Waals surface area contributed by atoms with Crippen LogP contribution in [0.5, 0.6) is 0 Å². The van der Waals surface area contributed by atoms with Gasteiger partial charge in [0.1, 0.15) is 12.1 Å². The quantitative estimate of drug-likeness (QED) is 0.567. The van der Waals surface area contributed by atoms with E-state index in [2.05, 4.69) is 36.5 Å². The van der Waals surface area contributed by atoms with Crippen molar-refractivity contribution >= 4 is 49.9 Å². The highest BCUT2D eigenvalue weighted by molar-refractivity contribution is 9.10. The van der Waals surface area contributed by atoms with Gasteiger partial charge in [0.2, 0.25) is 5.91 Å². The van der Waals surface area contributed by atoms with Crippen LogP contribution < -0.4 is 10.6 Å². The highest BCUT2D eigenvalue weighted by atomic mass is 79.9. The Morgan fingerprint density at radius 1 is 1.00 bits per heavy atom. The summed E-state index contributed by atoms with van der Waals surface area (Å²) in [6, 6.07) is 13.7. The summed E-state index contributed by atoms with van der Waals surface area (Å²) in [4.78, 5) is 21.3. The molecule has 0 bridgehead atoms. The second-order valence-electron chi connectivity index (χ2n) is 6.91. The van der Waals surface area contributed by atoms with Crippen molar-refractivity contribution in [2.75, 3.05) is 10.6 Å². The molecule has 5 nitrogen and oxygen atoms in total. The number of hydrogen-bond donors (Lipinski definition) is 2. The van der Waals surface area contributed by atoms with Crippen molar-refractivity contribution in [1.82, 2.24) is 9.97 Å². The molecule has 0 spiro atoms. The van der Waals surface area contributed by atoms with Gasteiger partial charge < -0.3 is 10.6 Å². The van der Waals surface area contributed by atoms with Crippen molar-refractivity contribution in [1.29, 1.82) is 0 Å². The monoisotopic (exact) mass is 424 g/mol. The van der Waals surface area contributed by atoms with Crippen LogP contribution in [0.1, 0.15) is 32.1 Å². The third-order valence-corrected chi connectivity index (χ3v) is 5.46. The van der Waals surface area contributed by atoms with E-state index in [1.807, 2.05) is 42.5 Å². The Bertz CT molecular complexity index is 969. The number of fused-ring (bicyclic) bond motifs is 1. The van der Waals surface area contributed by atoms with Crippen molar-refractivity contribution in [2.45, 2.75) is 32.1 Å². The summed E-state index contributed by atoms with van der Waals surface area (Å²) in [5.41, 5.74) is 2.55. The molecule has 0 aliphatic heterocycles. The Hall–Kier alpha value is -2.47. The summed E-state index contributed by atoms with van der Waals surface area (Å²) in [6.07, 6.45) is 7.04. The number of anilines is 3. The third kappa shape index (κ3) is 4.27. The van der Waals surface area contributed by atoms with Gasteiger partial charge in [-0.15, -0.1) is 0 Å². The van der Waals surface area contributed by atoms with Crippen LogP contribution in [-0.2, 0) is 4.79 Å². The molecule has 2 N–H and O–H groups in total. The van der Waals surface area contributed by atoms with Crippen LogP contribution in [-0.4, -0.2) is 15.9 Å². The number of nitrogens with zero attached hydrogens (tertiary/aromatic N) is 2. The number of nitrogens with one attached hydrogen (secondary N) is 2. The maximum atomic E-state index is 12.6. The largest absolute Gasteiger partial charge is 0.340 e. The van der Waals surface area contributed by atoms with Crippen molar-refractivity contribution < 1.29 is 4.79 Å². The van der Waals surface area contributed by atoms with Crippen LogP contribution in [0.2, 0.25) is 0 Å². The molecule has 1 aliphatic carbocycles. The molecular formula is C21H21BrN4O. The number of carbonyl (C=O) groups excluding carboxylic acids is 1. The van der Waals surface area contributed by atoms with E-state index in [-0.39, 0.29) is 11.8 Å². The molecule has 1 aliphatic rings. The van der Waals surface area contributed by atoms with E-state index in [0.717, 1.165) is 52.4 Å². The van der Waals surface area contributed by atoms with Gasteiger partial charge in [0.25, 0.3) is 0 Å². The van der Waals surface area contributed by atoms with Crippen molar-refractivity contribution in [3.8, 4) is 0 Å². The normalized spacial score (nSPS) is 14.9. The Balaban J connectivity index is 1.59. The lowest BCUT2D eigenvalue weighted by Crippen LogP contribution is -2.24. The third-order valence-electron chi connectivity index (χ3n) is 4.97. The lowest BCUT2D eigenvalue weighted by molar-refractivity contribution is -0.120. The predicted molar refractivity (Wildman–Crippen MR) is 112 cm³/mol. The lowest BCUT2D eigenvalue weighted by atomic mass is 9.88. The van der Waals surface area contributed by atoms with Gasteiger partial charge in [-0.25, -0.2) is 9.97 Å². The molecule has 6 heteroatoms. The summed E-state index contributed by atoms with van der Waals surface area (Å²) >= 11 is 3.48. The SMILES string of the molecule is O=C(Nc1ccc2ncnc(Nc3cccc(Br)c3)c2c1)C1CCCCC1. The number of benzene rings is 2. The molecule has 1 amide bonds. The van der Waals surface area contributed by atoms with Crippen molar-refractivity contribution in [3.63, 3.8) is 0 Å². The highest BCUT2D eigenvalue weighted by Gasteiger charge is 2.21. The highest BCUT2D eigenvalue weighted by Crippen LogP contribution is 2.28.